The number of carbonyl (C=O) groups excluding carboxylic acids is 1. The second kappa shape index (κ2) is 5.43. The molecule has 102 valence electrons. The molecule has 0 bridgehead atoms. The van der Waals surface area contributed by atoms with Crippen molar-refractivity contribution in [3.05, 3.63) is 34.9 Å². The van der Waals surface area contributed by atoms with Crippen molar-refractivity contribution in [2.24, 2.45) is 5.92 Å². The molecule has 0 spiro atoms. The molecule has 1 aromatic rings. The van der Waals surface area contributed by atoms with Crippen LogP contribution >= 0.6 is 0 Å². The normalized spacial score (nSPS) is 19.3. The van der Waals surface area contributed by atoms with Gasteiger partial charge in [0.25, 0.3) is 5.91 Å². The highest BCUT2D eigenvalue weighted by molar-refractivity contribution is 5.97. The van der Waals surface area contributed by atoms with Gasteiger partial charge in [-0.15, -0.1) is 0 Å². The highest BCUT2D eigenvalue weighted by Gasteiger charge is 2.29. The fourth-order valence-electron chi connectivity index (χ4n) is 2.67. The molecule has 0 radical (unpaired) electrons. The molecule has 1 N–H and O–H groups in total. The molecule has 4 heteroatoms. The first-order valence-corrected chi connectivity index (χ1v) is 6.59. The van der Waals surface area contributed by atoms with Crippen LogP contribution in [0.4, 0.5) is 0 Å². The maximum atomic E-state index is 12.5. The fourth-order valence-corrected chi connectivity index (χ4v) is 2.67. The van der Waals surface area contributed by atoms with Crippen LogP contribution in [0.15, 0.2) is 18.2 Å². The van der Waals surface area contributed by atoms with Gasteiger partial charge >= 0.3 is 5.97 Å². The zero-order chi connectivity index (χ0) is 14.0. The van der Waals surface area contributed by atoms with Gasteiger partial charge in [-0.05, 0) is 37.8 Å². The number of nitrogens with zero attached hydrogens (tertiary/aromatic N) is 1. The second-order valence-electron chi connectivity index (χ2n) is 5.20. The van der Waals surface area contributed by atoms with E-state index in [4.69, 9.17) is 5.11 Å². The average Bonchev–Trinajstić information content (AvgIpc) is 2.38. The molecular weight excluding hydrogens is 242 g/mol. The van der Waals surface area contributed by atoms with E-state index in [1.165, 1.54) is 0 Å². The Kier molecular flexibility index (Phi) is 3.88. The maximum absolute atomic E-state index is 12.5. The van der Waals surface area contributed by atoms with E-state index in [-0.39, 0.29) is 5.91 Å². The summed E-state index contributed by atoms with van der Waals surface area (Å²) in [5.41, 5.74) is 2.61. The minimum absolute atomic E-state index is 0.0402. The highest BCUT2D eigenvalue weighted by atomic mass is 16.4. The zero-order valence-corrected chi connectivity index (χ0v) is 11.3. The van der Waals surface area contributed by atoms with E-state index in [1.807, 2.05) is 32.0 Å². The Bertz CT molecular complexity index is 490. The van der Waals surface area contributed by atoms with E-state index in [0.717, 1.165) is 17.5 Å². The fraction of sp³-hybridized carbons (Fsp3) is 0.467. The topological polar surface area (TPSA) is 57.6 Å². The van der Waals surface area contributed by atoms with Gasteiger partial charge in [0.15, 0.2) is 0 Å². The molecule has 2 rings (SSSR count). The van der Waals surface area contributed by atoms with Crippen molar-refractivity contribution < 1.29 is 14.7 Å². The summed E-state index contributed by atoms with van der Waals surface area (Å²) in [5.74, 6) is -1.28. The van der Waals surface area contributed by atoms with E-state index in [2.05, 4.69) is 0 Å². The Morgan fingerprint density at radius 2 is 1.89 bits per heavy atom. The van der Waals surface area contributed by atoms with Crippen LogP contribution in [0.3, 0.4) is 0 Å². The first-order chi connectivity index (χ1) is 9.00. The van der Waals surface area contributed by atoms with Gasteiger partial charge in [-0.2, -0.15) is 0 Å². The monoisotopic (exact) mass is 261 g/mol. The number of aryl methyl sites for hydroxylation is 2. The van der Waals surface area contributed by atoms with Gasteiger partial charge in [-0.25, -0.2) is 0 Å². The number of aliphatic carboxylic acids is 1. The molecule has 1 aliphatic heterocycles. The minimum atomic E-state index is -0.806. The van der Waals surface area contributed by atoms with Crippen molar-refractivity contribution in [1.29, 1.82) is 0 Å². The summed E-state index contributed by atoms with van der Waals surface area (Å²) >= 11 is 0. The molecular formula is C15H19NO3. The molecule has 0 aliphatic carbocycles. The maximum Gasteiger partial charge on any atom is 0.308 e. The summed E-state index contributed by atoms with van der Waals surface area (Å²) in [6.07, 6.45) is 1.42. The van der Waals surface area contributed by atoms with Crippen molar-refractivity contribution in [1.82, 2.24) is 4.90 Å². The van der Waals surface area contributed by atoms with Gasteiger partial charge in [0.05, 0.1) is 5.92 Å². The highest BCUT2D eigenvalue weighted by Crippen LogP contribution is 2.21. The van der Waals surface area contributed by atoms with Gasteiger partial charge in [-0.1, -0.05) is 18.2 Å². The number of carboxylic acids is 1. The first kappa shape index (κ1) is 13.6. The minimum Gasteiger partial charge on any atom is -0.481 e. The number of piperidine rings is 1. The van der Waals surface area contributed by atoms with E-state index in [1.54, 1.807) is 4.90 Å². The number of likely N-dealkylation sites (tertiary alicyclic amines) is 1. The molecule has 1 aliphatic rings. The molecule has 19 heavy (non-hydrogen) atoms. The number of hydrogen-bond acceptors (Lipinski definition) is 2. The van der Waals surface area contributed by atoms with Crippen molar-refractivity contribution in [2.75, 3.05) is 13.1 Å². The zero-order valence-electron chi connectivity index (χ0n) is 11.3. The van der Waals surface area contributed by atoms with Gasteiger partial charge < -0.3 is 10.0 Å². The standard InChI is InChI=1S/C15H19NO3/c1-10-5-3-6-11(2)13(10)14(17)16-8-4-7-12(9-16)15(18)19/h3,5-6,12H,4,7-9H2,1-2H3,(H,18,19). The van der Waals surface area contributed by atoms with Crippen LogP contribution < -0.4 is 0 Å². The van der Waals surface area contributed by atoms with E-state index >= 15 is 0 Å². The molecule has 1 heterocycles. The summed E-state index contributed by atoms with van der Waals surface area (Å²) in [5, 5.41) is 9.08. The first-order valence-electron chi connectivity index (χ1n) is 6.59. The predicted molar refractivity (Wildman–Crippen MR) is 72.2 cm³/mol. The molecule has 0 aromatic heterocycles. The lowest BCUT2D eigenvalue weighted by Crippen LogP contribution is -2.42. The van der Waals surface area contributed by atoms with Gasteiger partial charge in [0.2, 0.25) is 0 Å². The van der Waals surface area contributed by atoms with E-state index in [9.17, 15) is 9.59 Å². The molecule has 1 amide bonds. The van der Waals surface area contributed by atoms with Crippen molar-refractivity contribution >= 4 is 11.9 Å². The smallest absolute Gasteiger partial charge is 0.308 e. The van der Waals surface area contributed by atoms with Crippen LogP contribution in [-0.4, -0.2) is 35.0 Å². The predicted octanol–water partition coefficient (Wildman–Crippen LogP) is 2.24. The summed E-state index contributed by atoms with van der Waals surface area (Å²) in [7, 11) is 0. The summed E-state index contributed by atoms with van der Waals surface area (Å²) < 4.78 is 0. The molecule has 1 aromatic carbocycles. The number of carbonyl (C=O) groups is 2. The summed E-state index contributed by atoms with van der Waals surface area (Å²) in [6, 6.07) is 5.76. The molecule has 1 saturated heterocycles. The largest absolute Gasteiger partial charge is 0.481 e. The lowest BCUT2D eigenvalue weighted by Gasteiger charge is -2.31. The molecule has 1 unspecified atom stereocenters. The third-order valence-electron chi connectivity index (χ3n) is 3.75. The van der Waals surface area contributed by atoms with Crippen LogP contribution in [0.2, 0.25) is 0 Å². The van der Waals surface area contributed by atoms with Crippen LogP contribution in [0, 0.1) is 19.8 Å². The van der Waals surface area contributed by atoms with Crippen LogP contribution in [0.1, 0.15) is 34.3 Å². The third kappa shape index (κ3) is 2.78. The summed E-state index contributed by atoms with van der Waals surface area (Å²) in [4.78, 5) is 25.3. The van der Waals surface area contributed by atoms with Crippen LogP contribution in [0.5, 0.6) is 0 Å². The Labute approximate surface area is 113 Å². The Morgan fingerprint density at radius 1 is 1.26 bits per heavy atom. The number of benzene rings is 1. The quantitative estimate of drug-likeness (QED) is 0.888. The van der Waals surface area contributed by atoms with Crippen molar-refractivity contribution in [3.63, 3.8) is 0 Å². The lowest BCUT2D eigenvalue weighted by molar-refractivity contribution is -0.143. The molecule has 1 fully saturated rings. The number of carboxylic acid groups (broad SMARTS) is 1. The van der Waals surface area contributed by atoms with Gasteiger partial charge in [0, 0.05) is 18.7 Å². The molecule has 1 atom stereocenters. The summed E-state index contributed by atoms with van der Waals surface area (Å²) in [6.45, 7) is 4.80. The van der Waals surface area contributed by atoms with Crippen molar-refractivity contribution in [2.45, 2.75) is 26.7 Å². The van der Waals surface area contributed by atoms with Gasteiger partial charge in [0.1, 0.15) is 0 Å². The van der Waals surface area contributed by atoms with E-state index in [0.29, 0.717) is 25.1 Å². The number of rotatable bonds is 2. The SMILES string of the molecule is Cc1cccc(C)c1C(=O)N1CCCC(C(=O)O)C1. The molecule has 0 saturated carbocycles. The average molecular weight is 261 g/mol. The van der Waals surface area contributed by atoms with Crippen LogP contribution in [-0.2, 0) is 4.79 Å². The second-order valence-corrected chi connectivity index (χ2v) is 5.20. The molecule has 4 nitrogen and oxygen atoms in total. The number of amides is 1. The lowest BCUT2D eigenvalue weighted by atomic mass is 9.96. The third-order valence-corrected chi connectivity index (χ3v) is 3.75. The Hall–Kier alpha value is -1.84. The van der Waals surface area contributed by atoms with Crippen LogP contribution in [0.25, 0.3) is 0 Å². The Morgan fingerprint density at radius 3 is 2.47 bits per heavy atom. The van der Waals surface area contributed by atoms with E-state index < -0.39 is 11.9 Å². The van der Waals surface area contributed by atoms with Crippen molar-refractivity contribution in [3.8, 4) is 0 Å². The number of hydrogen-bond donors (Lipinski definition) is 1. The Balaban J connectivity index is 2.22. The van der Waals surface area contributed by atoms with Gasteiger partial charge in [-0.3, -0.25) is 9.59 Å².